The molecule has 0 amide bonds. The van der Waals surface area contributed by atoms with Crippen molar-refractivity contribution in [2.75, 3.05) is 0 Å². The normalized spacial score (nSPS) is 14.0. The van der Waals surface area contributed by atoms with Gasteiger partial charge in [0.15, 0.2) is 0 Å². The van der Waals surface area contributed by atoms with E-state index in [2.05, 4.69) is 27.5 Å². The minimum atomic E-state index is -0.479. The van der Waals surface area contributed by atoms with Crippen LogP contribution < -0.4 is 0 Å². The molecular weight excluding hydrogens is 231 g/mol. The van der Waals surface area contributed by atoms with Crippen LogP contribution in [0.1, 0.15) is 27.7 Å². The van der Waals surface area contributed by atoms with Crippen LogP contribution in [-0.4, -0.2) is 14.3 Å². The summed E-state index contributed by atoms with van der Waals surface area (Å²) in [6.45, 7) is 7.70. The fourth-order valence-electron chi connectivity index (χ4n) is 0.109. The minimum Gasteiger partial charge on any atom is -0.251 e. The van der Waals surface area contributed by atoms with E-state index < -0.39 is 5.60 Å². The zero-order chi connectivity index (χ0) is 7.71. The summed E-state index contributed by atoms with van der Waals surface area (Å²) in [4.78, 5) is 4.29. The van der Waals surface area contributed by atoms with Gasteiger partial charge in [0.1, 0.15) is 5.60 Å². The fraction of sp³-hybridized carbons (Fsp3) is 1.00. The second kappa shape index (κ2) is 2.72. The first-order chi connectivity index (χ1) is 3.81. The van der Waals surface area contributed by atoms with Crippen LogP contribution >= 0.6 is 22.6 Å². The Balaban J connectivity index is 4.14. The van der Waals surface area contributed by atoms with Gasteiger partial charge in [0.05, 0.1) is 0 Å². The third-order valence-electron chi connectivity index (χ3n) is 1.66. The molecule has 0 heterocycles. The first kappa shape index (κ1) is 9.65. The van der Waals surface area contributed by atoms with Gasteiger partial charge in [0, 0.05) is 3.42 Å². The van der Waals surface area contributed by atoms with Gasteiger partial charge in [-0.1, -0.05) is 22.6 Å². The Labute approximate surface area is 69.7 Å². The summed E-state index contributed by atoms with van der Waals surface area (Å²) < 4.78 is -0.0560. The van der Waals surface area contributed by atoms with Gasteiger partial charge in [-0.05, 0) is 27.7 Å². The van der Waals surface area contributed by atoms with Crippen molar-refractivity contribution in [1.82, 2.24) is 0 Å². The Morgan fingerprint density at radius 3 is 1.56 bits per heavy atom. The summed E-state index contributed by atoms with van der Waals surface area (Å²) in [5, 5.41) is 8.42. The second-order valence-electron chi connectivity index (χ2n) is 3.07. The number of hydrogen-bond donors (Lipinski definition) is 1. The SMILES string of the molecule is CC(C)(I)C(C)(C)OO. The molecule has 0 aliphatic rings. The lowest BCUT2D eigenvalue weighted by atomic mass is 9.95. The molecule has 0 saturated heterocycles. The van der Waals surface area contributed by atoms with Gasteiger partial charge in [-0.3, -0.25) is 5.26 Å². The molecule has 1 N–H and O–H groups in total. The van der Waals surface area contributed by atoms with E-state index in [1.807, 2.05) is 27.7 Å². The lowest BCUT2D eigenvalue weighted by Crippen LogP contribution is -2.41. The molecule has 56 valence electrons. The monoisotopic (exact) mass is 244 g/mol. The molecule has 0 rings (SSSR count). The van der Waals surface area contributed by atoms with E-state index in [-0.39, 0.29) is 3.42 Å². The highest BCUT2D eigenvalue weighted by atomic mass is 127. The average molecular weight is 244 g/mol. The van der Waals surface area contributed by atoms with Crippen LogP contribution in [0, 0.1) is 0 Å². The molecule has 0 aliphatic heterocycles. The highest BCUT2D eigenvalue weighted by Crippen LogP contribution is 2.32. The molecule has 0 aromatic heterocycles. The lowest BCUT2D eigenvalue weighted by molar-refractivity contribution is -0.317. The molecule has 0 aromatic carbocycles. The van der Waals surface area contributed by atoms with Crippen LogP contribution in [0.2, 0.25) is 0 Å². The maximum Gasteiger partial charge on any atom is 0.112 e. The van der Waals surface area contributed by atoms with Crippen LogP contribution in [0.4, 0.5) is 0 Å². The molecule has 0 fully saturated rings. The van der Waals surface area contributed by atoms with E-state index in [9.17, 15) is 0 Å². The first-order valence-electron chi connectivity index (χ1n) is 2.83. The third-order valence-corrected chi connectivity index (χ3v) is 2.96. The largest absolute Gasteiger partial charge is 0.251 e. The van der Waals surface area contributed by atoms with Gasteiger partial charge < -0.3 is 0 Å². The number of rotatable bonds is 2. The van der Waals surface area contributed by atoms with Crippen molar-refractivity contribution in [3.8, 4) is 0 Å². The van der Waals surface area contributed by atoms with Crippen LogP contribution in [0.3, 0.4) is 0 Å². The van der Waals surface area contributed by atoms with Gasteiger partial charge >= 0.3 is 0 Å². The van der Waals surface area contributed by atoms with Crippen LogP contribution in [-0.2, 0) is 4.89 Å². The first-order valence-corrected chi connectivity index (χ1v) is 3.90. The van der Waals surface area contributed by atoms with Crippen molar-refractivity contribution >= 4 is 22.6 Å². The quantitative estimate of drug-likeness (QED) is 0.350. The summed E-state index contributed by atoms with van der Waals surface area (Å²) in [7, 11) is 0. The van der Waals surface area contributed by atoms with Gasteiger partial charge in [0.25, 0.3) is 0 Å². The maximum atomic E-state index is 8.42. The van der Waals surface area contributed by atoms with Crippen LogP contribution in [0.15, 0.2) is 0 Å². The predicted molar refractivity (Wildman–Crippen MR) is 45.9 cm³/mol. The van der Waals surface area contributed by atoms with E-state index in [4.69, 9.17) is 5.26 Å². The van der Waals surface area contributed by atoms with Crippen molar-refractivity contribution < 1.29 is 10.1 Å². The molecule has 3 heteroatoms. The van der Waals surface area contributed by atoms with Crippen molar-refractivity contribution in [3.05, 3.63) is 0 Å². The van der Waals surface area contributed by atoms with Gasteiger partial charge in [-0.15, -0.1) is 0 Å². The van der Waals surface area contributed by atoms with Gasteiger partial charge in [-0.25, -0.2) is 4.89 Å². The number of alkyl halides is 1. The molecule has 0 spiro atoms. The molecule has 0 radical (unpaired) electrons. The standard InChI is InChI=1S/C6H13IO2/c1-5(2,7)6(3,4)9-8/h8H,1-4H3. The Morgan fingerprint density at radius 2 is 1.56 bits per heavy atom. The zero-order valence-corrected chi connectivity index (χ0v) is 8.39. The smallest absolute Gasteiger partial charge is 0.112 e. The van der Waals surface area contributed by atoms with E-state index in [1.54, 1.807) is 0 Å². The number of halogens is 1. The Hall–Kier alpha value is 0.650. The maximum absolute atomic E-state index is 8.42. The summed E-state index contributed by atoms with van der Waals surface area (Å²) in [6, 6.07) is 0. The topological polar surface area (TPSA) is 29.5 Å². The van der Waals surface area contributed by atoms with Crippen molar-refractivity contribution in [1.29, 1.82) is 0 Å². The molecule has 0 aliphatic carbocycles. The molecule has 0 unspecified atom stereocenters. The Morgan fingerprint density at radius 1 is 1.22 bits per heavy atom. The fourth-order valence-corrected chi connectivity index (χ4v) is 0.207. The predicted octanol–water partition coefficient (Wildman–Crippen LogP) is 2.47. The summed E-state index contributed by atoms with van der Waals surface area (Å²) in [5.74, 6) is 0. The second-order valence-corrected chi connectivity index (χ2v) is 5.77. The Kier molecular flexibility index (Phi) is 2.91. The van der Waals surface area contributed by atoms with E-state index in [1.165, 1.54) is 0 Å². The van der Waals surface area contributed by atoms with Crippen LogP contribution in [0.25, 0.3) is 0 Å². The van der Waals surface area contributed by atoms with Gasteiger partial charge in [0.2, 0.25) is 0 Å². The molecule has 2 nitrogen and oxygen atoms in total. The van der Waals surface area contributed by atoms with E-state index >= 15 is 0 Å². The molecule has 0 bridgehead atoms. The van der Waals surface area contributed by atoms with Crippen molar-refractivity contribution in [2.24, 2.45) is 0 Å². The molecular formula is C6H13IO2. The lowest BCUT2D eigenvalue weighted by Gasteiger charge is -2.33. The zero-order valence-electron chi connectivity index (χ0n) is 6.23. The highest BCUT2D eigenvalue weighted by Gasteiger charge is 2.36. The minimum absolute atomic E-state index is 0.0560. The van der Waals surface area contributed by atoms with Crippen molar-refractivity contribution in [2.45, 2.75) is 36.7 Å². The van der Waals surface area contributed by atoms with E-state index in [0.717, 1.165) is 0 Å². The summed E-state index contributed by atoms with van der Waals surface area (Å²) in [5.41, 5.74) is -0.479. The highest BCUT2D eigenvalue weighted by molar-refractivity contribution is 14.1. The summed E-state index contributed by atoms with van der Waals surface area (Å²) in [6.07, 6.45) is 0. The molecule has 0 atom stereocenters. The average Bonchev–Trinajstić information content (AvgIpc) is 1.64. The third kappa shape index (κ3) is 2.39. The number of hydrogen-bond acceptors (Lipinski definition) is 2. The molecule has 0 saturated carbocycles. The van der Waals surface area contributed by atoms with Gasteiger partial charge in [-0.2, -0.15) is 0 Å². The Bertz CT molecular complexity index is 93.7. The molecule has 0 aromatic rings. The summed E-state index contributed by atoms with van der Waals surface area (Å²) >= 11 is 2.23. The van der Waals surface area contributed by atoms with Crippen molar-refractivity contribution in [3.63, 3.8) is 0 Å². The van der Waals surface area contributed by atoms with E-state index in [0.29, 0.717) is 0 Å². The van der Waals surface area contributed by atoms with Crippen LogP contribution in [0.5, 0.6) is 0 Å². The molecule has 9 heavy (non-hydrogen) atoms.